The molecule has 0 atom stereocenters. The van der Waals surface area contributed by atoms with Crippen LogP contribution in [0.15, 0.2) is 66.9 Å². The molecule has 4 rings (SSSR count). The van der Waals surface area contributed by atoms with Crippen LogP contribution in [0.1, 0.15) is 46.5 Å². The molecular weight excluding hydrogens is 461 g/mol. The Morgan fingerprint density at radius 2 is 1.69 bits per heavy atom. The summed E-state index contributed by atoms with van der Waals surface area (Å²) in [5.74, 6) is 0.701. The molecule has 7 nitrogen and oxygen atoms in total. The summed E-state index contributed by atoms with van der Waals surface area (Å²) in [6, 6.07) is 16.0. The van der Waals surface area contributed by atoms with E-state index in [2.05, 4.69) is 9.83 Å². The molecule has 8 heteroatoms. The van der Waals surface area contributed by atoms with Crippen molar-refractivity contribution in [1.82, 2.24) is 9.88 Å². The average molecular weight is 488 g/mol. The third-order valence-electron chi connectivity index (χ3n) is 5.92. The highest BCUT2D eigenvalue weighted by molar-refractivity contribution is 5.97. The lowest BCUT2D eigenvalue weighted by Crippen LogP contribution is -2.41. The Morgan fingerprint density at radius 3 is 2.33 bits per heavy atom. The lowest BCUT2D eigenvalue weighted by atomic mass is 10.1. The van der Waals surface area contributed by atoms with Gasteiger partial charge in [0, 0.05) is 38.5 Å². The van der Waals surface area contributed by atoms with Crippen molar-refractivity contribution in [2.75, 3.05) is 19.7 Å². The molecule has 1 saturated heterocycles. The van der Waals surface area contributed by atoms with E-state index in [4.69, 9.17) is 16.0 Å². The van der Waals surface area contributed by atoms with Gasteiger partial charge in [-0.2, -0.15) is 0 Å². The molecule has 0 radical (unpaired) electrons. The van der Waals surface area contributed by atoms with Crippen LogP contribution in [0.5, 0.6) is 11.5 Å². The molecule has 1 aromatic heterocycles. The maximum absolute atomic E-state index is 12.9. The number of ketones is 1. The van der Waals surface area contributed by atoms with E-state index in [1.54, 1.807) is 53.4 Å². The molecule has 0 bridgehead atoms. The number of benzene rings is 2. The van der Waals surface area contributed by atoms with Crippen LogP contribution in [0.2, 0.25) is 0 Å². The SMILES string of the molecule is [C-]#[N+]c1ccc(OC2CCN(C(=O)c3ccc(C(=O)CCCOc4ccc(F)cc4)nc3)CC2)cc1. The van der Waals surface area contributed by atoms with Gasteiger partial charge >= 0.3 is 0 Å². The molecule has 3 aromatic rings. The summed E-state index contributed by atoms with van der Waals surface area (Å²) in [5, 5.41) is 0. The summed E-state index contributed by atoms with van der Waals surface area (Å²) in [4.78, 5) is 34.6. The first-order chi connectivity index (χ1) is 17.5. The first kappa shape index (κ1) is 24.9. The van der Waals surface area contributed by atoms with Crippen LogP contribution < -0.4 is 9.47 Å². The van der Waals surface area contributed by atoms with Gasteiger partial charge < -0.3 is 14.4 Å². The van der Waals surface area contributed by atoms with Crippen LogP contribution in [0.3, 0.4) is 0 Å². The predicted molar refractivity (Wildman–Crippen MR) is 132 cm³/mol. The second-order valence-corrected chi connectivity index (χ2v) is 8.48. The van der Waals surface area contributed by atoms with Gasteiger partial charge in [-0.1, -0.05) is 12.1 Å². The number of rotatable bonds is 9. The molecule has 0 aliphatic carbocycles. The van der Waals surface area contributed by atoms with Crippen molar-refractivity contribution >= 4 is 17.4 Å². The number of likely N-dealkylation sites (tertiary alicyclic amines) is 1. The Kier molecular flexibility index (Phi) is 8.24. The normalized spacial score (nSPS) is 13.6. The first-order valence-corrected chi connectivity index (χ1v) is 11.8. The van der Waals surface area contributed by atoms with Gasteiger partial charge in [-0.15, -0.1) is 0 Å². The Labute approximate surface area is 209 Å². The van der Waals surface area contributed by atoms with Gasteiger partial charge in [0.1, 0.15) is 29.1 Å². The second-order valence-electron chi connectivity index (χ2n) is 8.48. The van der Waals surface area contributed by atoms with Crippen LogP contribution in [-0.2, 0) is 0 Å². The van der Waals surface area contributed by atoms with Crippen LogP contribution in [0, 0.1) is 12.4 Å². The van der Waals surface area contributed by atoms with E-state index in [9.17, 15) is 14.0 Å². The standard InChI is InChI=1S/C28H26FN3O4/c1-30-22-7-11-24(12-8-22)36-25-14-16-32(17-15-25)28(34)20-4-13-26(31-19-20)27(33)3-2-18-35-23-9-5-21(29)6-10-23/h4-13,19,25H,2-3,14-18H2. The van der Waals surface area contributed by atoms with E-state index in [0.717, 1.165) is 5.75 Å². The molecule has 0 spiro atoms. The molecular formula is C28H26FN3O4. The van der Waals surface area contributed by atoms with Crippen LogP contribution >= 0.6 is 0 Å². The Bertz CT molecular complexity index is 1210. The fraction of sp³-hybridized carbons (Fsp3) is 0.286. The number of nitrogens with zero attached hydrogens (tertiary/aromatic N) is 3. The fourth-order valence-corrected chi connectivity index (χ4v) is 3.92. The lowest BCUT2D eigenvalue weighted by Gasteiger charge is -2.32. The van der Waals surface area contributed by atoms with Gasteiger partial charge in [0.25, 0.3) is 5.91 Å². The number of carbonyl (C=O) groups is 2. The third kappa shape index (κ3) is 6.66. The molecule has 0 unspecified atom stereocenters. The smallest absolute Gasteiger partial charge is 0.255 e. The summed E-state index contributed by atoms with van der Waals surface area (Å²) < 4.78 is 24.4. The van der Waals surface area contributed by atoms with Crippen molar-refractivity contribution in [1.29, 1.82) is 0 Å². The van der Waals surface area contributed by atoms with Gasteiger partial charge in [-0.05, 0) is 55.0 Å². The maximum atomic E-state index is 12.9. The molecule has 0 saturated carbocycles. The number of Topliss-reactive ketones (excluding diaryl/α,β-unsaturated/α-hetero) is 1. The minimum atomic E-state index is -0.329. The van der Waals surface area contributed by atoms with E-state index in [1.807, 2.05) is 0 Å². The van der Waals surface area contributed by atoms with Crippen molar-refractivity contribution in [3.8, 4) is 11.5 Å². The average Bonchev–Trinajstić information content (AvgIpc) is 2.92. The predicted octanol–water partition coefficient (Wildman–Crippen LogP) is 5.50. The zero-order valence-corrected chi connectivity index (χ0v) is 19.7. The van der Waals surface area contributed by atoms with Gasteiger partial charge in [0.15, 0.2) is 11.5 Å². The van der Waals surface area contributed by atoms with Gasteiger partial charge in [0.05, 0.1) is 18.7 Å². The molecule has 1 aliphatic rings. The Balaban J connectivity index is 1.20. The van der Waals surface area contributed by atoms with Crippen LogP contribution in [0.25, 0.3) is 4.85 Å². The summed E-state index contributed by atoms with van der Waals surface area (Å²) in [7, 11) is 0. The quantitative estimate of drug-likeness (QED) is 0.227. The fourth-order valence-electron chi connectivity index (χ4n) is 3.92. The largest absolute Gasteiger partial charge is 0.494 e. The van der Waals surface area contributed by atoms with Crippen LogP contribution in [0.4, 0.5) is 10.1 Å². The summed E-state index contributed by atoms with van der Waals surface area (Å²) in [6.07, 6.45) is 3.64. The molecule has 2 aromatic carbocycles. The zero-order chi connectivity index (χ0) is 25.3. The lowest BCUT2D eigenvalue weighted by molar-refractivity contribution is 0.0594. The van der Waals surface area contributed by atoms with Crippen molar-refractivity contribution in [3.05, 3.63) is 95.4 Å². The molecule has 0 N–H and O–H groups in total. The Hall–Kier alpha value is -4.25. The zero-order valence-electron chi connectivity index (χ0n) is 19.7. The number of carbonyl (C=O) groups excluding carboxylic acids is 2. The van der Waals surface area contributed by atoms with Crippen molar-refractivity contribution in [2.45, 2.75) is 31.8 Å². The van der Waals surface area contributed by atoms with E-state index < -0.39 is 0 Å². The number of aromatic nitrogens is 1. The molecule has 2 heterocycles. The highest BCUT2D eigenvalue weighted by Crippen LogP contribution is 2.23. The molecule has 184 valence electrons. The molecule has 1 fully saturated rings. The number of pyridine rings is 1. The topological polar surface area (TPSA) is 73.1 Å². The van der Waals surface area contributed by atoms with Gasteiger partial charge in [0.2, 0.25) is 0 Å². The van der Waals surface area contributed by atoms with Crippen molar-refractivity contribution in [2.24, 2.45) is 0 Å². The first-order valence-electron chi connectivity index (χ1n) is 11.8. The van der Waals surface area contributed by atoms with E-state index in [1.165, 1.54) is 18.3 Å². The molecule has 1 aliphatic heterocycles. The highest BCUT2D eigenvalue weighted by Gasteiger charge is 2.25. The molecule has 36 heavy (non-hydrogen) atoms. The van der Waals surface area contributed by atoms with Crippen molar-refractivity contribution in [3.63, 3.8) is 0 Å². The number of hydrogen-bond donors (Lipinski definition) is 0. The van der Waals surface area contributed by atoms with E-state index in [-0.39, 0.29) is 30.0 Å². The summed E-state index contributed by atoms with van der Waals surface area (Å²) in [5.41, 5.74) is 1.32. The number of amides is 1. The third-order valence-corrected chi connectivity index (χ3v) is 5.92. The van der Waals surface area contributed by atoms with Gasteiger partial charge in [-0.25, -0.2) is 9.24 Å². The van der Waals surface area contributed by atoms with Crippen LogP contribution in [-0.4, -0.2) is 47.4 Å². The van der Waals surface area contributed by atoms with Gasteiger partial charge in [-0.3, -0.25) is 14.6 Å². The number of hydrogen-bond acceptors (Lipinski definition) is 5. The summed E-state index contributed by atoms with van der Waals surface area (Å²) in [6.45, 7) is 8.48. The maximum Gasteiger partial charge on any atom is 0.255 e. The van der Waals surface area contributed by atoms with E-state index >= 15 is 0 Å². The highest BCUT2D eigenvalue weighted by atomic mass is 19.1. The van der Waals surface area contributed by atoms with Crippen molar-refractivity contribution < 1.29 is 23.5 Å². The monoisotopic (exact) mass is 487 g/mol. The minimum Gasteiger partial charge on any atom is -0.494 e. The minimum absolute atomic E-state index is 0.0120. The number of halogens is 1. The molecule has 1 amide bonds. The number of piperidine rings is 1. The second kappa shape index (κ2) is 11.9. The Morgan fingerprint density at radius 1 is 1.00 bits per heavy atom. The number of ether oxygens (including phenoxy) is 2. The van der Waals surface area contributed by atoms with E-state index in [0.29, 0.717) is 61.7 Å². The summed E-state index contributed by atoms with van der Waals surface area (Å²) >= 11 is 0.